The van der Waals surface area contributed by atoms with Gasteiger partial charge in [-0.1, -0.05) is 0 Å². The normalized spacial score (nSPS) is 22.4. The Morgan fingerprint density at radius 1 is 1.39 bits per heavy atom. The number of nitrogen functional groups attached to an aromatic ring is 1. The Balaban J connectivity index is 2.02. The van der Waals surface area contributed by atoms with Crippen molar-refractivity contribution in [3.05, 3.63) is 0 Å². The topological polar surface area (TPSA) is 97.4 Å². The number of rotatable bonds is 5. The van der Waals surface area contributed by atoms with E-state index < -0.39 is 0 Å². The molecule has 2 rings (SSSR count). The zero-order valence-corrected chi connectivity index (χ0v) is 10.7. The SMILES string of the molecule is CCOc1nc(N)nc(N(C)CC2CC(O)C2)n1. The van der Waals surface area contributed by atoms with Gasteiger partial charge in [0.2, 0.25) is 11.9 Å². The van der Waals surface area contributed by atoms with Gasteiger partial charge in [0.25, 0.3) is 0 Å². The Labute approximate surface area is 106 Å². The number of aliphatic hydroxyl groups excluding tert-OH is 1. The third-order valence-corrected chi connectivity index (χ3v) is 2.98. The fraction of sp³-hybridized carbons (Fsp3) is 0.727. The summed E-state index contributed by atoms with van der Waals surface area (Å²) in [5.74, 6) is 1.15. The van der Waals surface area contributed by atoms with E-state index in [-0.39, 0.29) is 18.1 Å². The van der Waals surface area contributed by atoms with Crippen LogP contribution in [0.25, 0.3) is 0 Å². The lowest BCUT2D eigenvalue weighted by Crippen LogP contribution is -2.37. The van der Waals surface area contributed by atoms with E-state index in [0.717, 1.165) is 19.4 Å². The second kappa shape index (κ2) is 5.34. The Hall–Kier alpha value is -1.63. The molecule has 100 valence electrons. The molecule has 0 radical (unpaired) electrons. The zero-order chi connectivity index (χ0) is 13.1. The molecule has 0 unspecified atom stereocenters. The van der Waals surface area contributed by atoms with Gasteiger partial charge in [-0.2, -0.15) is 15.0 Å². The van der Waals surface area contributed by atoms with Crippen molar-refractivity contribution in [2.75, 3.05) is 30.8 Å². The molecule has 1 heterocycles. The fourth-order valence-electron chi connectivity index (χ4n) is 2.04. The van der Waals surface area contributed by atoms with Crippen LogP contribution in [0.5, 0.6) is 6.01 Å². The summed E-state index contributed by atoms with van der Waals surface area (Å²) >= 11 is 0. The van der Waals surface area contributed by atoms with E-state index in [1.807, 2.05) is 18.9 Å². The maximum absolute atomic E-state index is 9.26. The van der Waals surface area contributed by atoms with Crippen LogP contribution in [0.2, 0.25) is 0 Å². The van der Waals surface area contributed by atoms with Gasteiger partial charge in [0.15, 0.2) is 0 Å². The van der Waals surface area contributed by atoms with Crippen molar-refractivity contribution in [3.63, 3.8) is 0 Å². The first-order valence-electron chi connectivity index (χ1n) is 6.12. The summed E-state index contributed by atoms with van der Waals surface area (Å²) in [6, 6.07) is 0.250. The molecule has 0 atom stereocenters. The highest BCUT2D eigenvalue weighted by molar-refractivity contribution is 5.35. The molecule has 0 saturated heterocycles. The van der Waals surface area contributed by atoms with Crippen LogP contribution >= 0.6 is 0 Å². The Morgan fingerprint density at radius 2 is 2.11 bits per heavy atom. The Kier molecular flexibility index (Phi) is 3.81. The molecular weight excluding hydrogens is 234 g/mol. The first kappa shape index (κ1) is 12.8. The quantitative estimate of drug-likeness (QED) is 0.765. The molecule has 1 aromatic heterocycles. The number of hydrogen-bond acceptors (Lipinski definition) is 7. The first-order valence-corrected chi connectivity index (χ1v) is 6.12. The molecule has 7 nitrogen and oxygen atoms in total. The number of aliphatic hydroxyl groups is 1. The van der Waals surface area contributed by atoms with Crippen LogP contribution in [0, 0.1) is 5.92 Å². The van der Waals surface area contributed by atoms with E-state index in [1.54, 1.807) is 0 Å². The molecule has 0 aromatic carbocycles. The maximum Gasteiger partial charge on any atom is 0.323 e. The third kappa shape index (κ3) is 2.98. The summed E-state index contributed by atoms with van der Waals surface area (Å²) in [5.41, 5.74) is 5.62. The molecule has 1 aromatic rings. The number of aromatic nitrogens is 3. The number of anilines is 2. The molecule has 0 aliphatic heterocycles. The molecule has 1 aliphatic carbocycles. The highest BCUT2D eigenvalue weighted by Gasteiger charge is 2.28. The summed E-state index contributed by atoms with van der Waals surface area (Å²) in [7, 11) is 1.90. The van der Waals surface area contributed by atoms with E-state index in [4.69, 9.17) is 10.5 Å². The predicted molar refractivity (Wildman–Crippen MR) is 67.4 cm³/mol. The molecule has 1 fully saturated rings. The van der Waals surface area contributed by atoms with Crippen molar-refractivity contribution in [1.82, 2.24) is 15.0 Å². The van der Waals surface area contributed by atoms with Crippen molar-refractivity contribution in [3.8, 4) is 6.01 Å². The summed E-state index contributed by atoms with van der Waals surface area (Å²) < 4.78 is 5.23. The van der Waals surface area contributed by atoms with Gasteiger partial charge in [0.05, 0.1) is 12.7 Å². The van der Waals surface area contributed by atoms with Crippen LogP contribution in [0.3, 0.4) is 0 Å². The molecular formula is C11H19N5O2. The van der Waals surface area contributed by atoms with E-state index in [1.165, 1.54) is 0 Å². The summed E-state index contributed by atoms with van der Waals surface area (Å²) in [6.45, 7) is 3.15. The Bertz CT molecular complexity index is 408. The van der Waals surface area contributed by atoms with Crippen LogP contribution in [-0.2, 0) is 0 Å². The lowest BCUT2D eigenvalue weighted by Gasteiger charge is -2.34. The largest absolute Gasteiger partial charge is 0.464 e. The minimum absolute atomic E-state index is 0.147. The van der Waals surface area contributed by atoms with E-state index in [2.05, 4.69) is 15.0 Å². The lowest BCUT2D eigenvalue weighted by molar-refractivity contribution is 0.0463. The number of nitrogens with two attached hydrogens (primary N) is 1. The molecule has 7 heteroatoms. The summed E-state index contributed by atoms with van der Waals surface area (Å²) in [5, 5.41) is 9.26. The van der Waals surface area contributed by atoms with Crippen LogP contribution in [0.15, 0.2) is 0 Å². The van der Waals surface area contributed by atoms with Gasteiger partial charge in [0.1, 0.15) is 0 Å². The summed E-state index contributed by atoms with van der Waals surface area (Å²) in [6.07, 6.45) is 1.53. The average molecular weight is 253 g/mol. The molecule has 0 amide bonds. The van der Waals surface area contributed by atoms with Gasteiger partial charge in [-0.05, 0) is 25.7 Å². The predicted octanol–water partition coefficient (Wildman–Crippen LogP) is 0.0596. The number of ether oxygens (including phenoxy) is 1. The van der Waals surface area contributed by atoms with E-state index in [9.17, 15) is 5.11 Å². The highest BCUT2D eigenvalue weighted by Crippen LogP contribution is 2.28. The van der Waals surface area contributed by atoms with Crippen LogP contribution in [0.4, 0.5) is 11.9 Å². The van der Waals surface area contributed by atoms with Gasteiger partial charge in [-0.25, -0.2) is 0 Å². The van der Waals surface area contributed by atoms with Gasteiger partial charge >= 0.3 is 6.01 Å². The van der Waals surface area contributed by atoms with E-state index >= 15 is 0 Å². The smallest absolute Gasteiger partial charge is 0.323 e. The molecule has 0 bridgehead atoms. The van der Waals surface area contributed by atoms with Gasteiger partial charge in [-0.15, -0.1) is 0 Å². The molecule has 0 spiro atoms. The lowest BCUT2D eigenvalue weighted by atomic mass is 9.82. The van der Waals surface area contributed by atoms with Gasteiger partial charge < -0.3 is 20.5 Å². The zero-order valence-electron chi connectivity index (χ0n) is 10.7. The minimum atomic E-state index is -0.147. The molecule has 18 heavy (non-hydrogen) atoms. The minimum Gasteiger partial charge on any atom is -0.464 e. The molecule has 1 saturated carbocycles. The van der Waals surface area contributed by atoms with Crippen molar-refractivity contribution in [2.45, 2.75) is 25.9 Å². The van der Waals surface area contributed by atoms with Crippen molar-refractivity contribution in [2.24, 2.45) is 5.92 Å². The maximum atomic E-state index is 9.26. The summed E-state index contributed by atoms with van der Waals surface area (Å²) in [4.78, 5) is 14.1. The van der Waals surface area contributed by atoms with Crippen LogP contribution < -0.4 is 15.4 Å². The first-order chi connectivity index (χ1) is 8.58. The second-order valence-corrected chi connectivity index (χ2v) is 4.58. The van der Waals surface area contributed by atoms with Crippen LogP contribution in [-0.4, -0.2) is 46.4 Å². The second-order valence-electron chi connectivity index (χ2n) is 4.58. The Morgan fingerprint density at radius 3 is 2.72 bits per heavy atom. The van der Waals surface area contributed by atoms with Gasteiger partial charge in [-0.3, -0.25) is 0 Å². The van der Waals surface area contributed by atoms with Crippen molar-refractivity contribution >= 4 is 11.9 Å². The fourth-order valence-corrected chi connectivity index (χ4v) is 2.04. The van der Waals surface area contributed by atoms with Crippen LogP contribution in [0.1, 0.15) is 19.8 Å². The average Bonchev–Trinajstić information content (AvgIpc) is 2.26. The highest BCUT2D eigenvalue weighted by atomic mass is 16.5. The van der Waals surface area contributed by atoms with Crippen molar-refractivity contribution < 1.29 is 9.84 Å². The standard InChI is InChI=1S/C11H19N5O2/c1-3-18-11-14-9(12)13-10(15-11)16(2)6-7-4-8(17)5-7/h7-8,17H,3-6H2,1-2H3,(H2,12,13,14,15). The molecule has 1 aliphatic rings. The van der Waals surface area contributed by atoms with Crippen molar-refractivity contribution in [1.29, 1.82) is 0 Å². The monoisotopic (exact) mass is 253 g/mol. The third-order valence-electron chi connectivity index (χ3n) is 2.98. The van der Waals surface area contributed by atoms with E-state index in [0.29, 0.717) is 18.5 Å². The number of nitrogens with zero attached hydrogens (tertiary/aromatic N) is 4. The molecule has 3 N–H and O–H groups in total. The van der Waals surface area contributed by atoms with Gasteiger partial charge in [0, 0.05) is 13.6 Å². The number of hydrogen-bond donors (Lipinski definition) is 2.